The Morgan fingerprint density at radius 2 is 1.89 bits per heavy atom. The molecule has 2 nitrogen and oxygen atoms in total. The summed E-state index contributed by atoms with van der Waals surface area (Å²) in [4.78, 5) is 0. The van der Waals surface area contributed by atoms with Gasteiger partial charge in [-0.1, -0.05) is 0 Å². The summed E-state index contributed by atoms with van der Waals surface area (Å²) in [5, 5.41) is 3.02. The second-order valence-electron chi connectivity index (χ2n) is 4.29. The Balaban J connectivity index is 2.43. The predicted octanol–water partition coefficient (Wildman–Crippen LogP) is 3.81. The molecule has 2 rings (SSSR count). The van der Waals surface area contributed by atoms with Gasteiger partial charge in [-0.05, 0) is 50.7 Å². The molecule has 96 valence electrons. The van der Waals surface area contributed by atoms with E-state index in [4.69, 9.17) is 4.42 Å². The van der Waals surface area contributed by atoms with E-state index < -0.39 is 11.6 Å². The molecule has 1 N–H and O–H groups in total. The third kappa shape index (κ3) is 2.29. The Kier molecular flexibility index (Phi) is 3.48. The molecule has 1 aromatic heterocycles. The van der Waals surface area contributed by atoms with Crippen molar-refractivity contribution in [2.75, 3.05) is 7.05 Å². The quantitative estimate of drug-likeness (QED) is 0.897. The first kappa shape index (κ1) is 12.8. The molecule has 0 spiro atoms. The van der Waals surface area contributed by atoms with Gasteiger partial charge in [0, 0.05) is 0 Å². The summed E-state index contributed by atoms with van der Waals surface area (Å²) in [6, 6.07) is 5.77. The maximum Gasteiger partial charge on any atom is 0.137 e. The molecule has 0 aliphatic carbocycles. The van der Waals surface area contributed by atoms with E-state index in [9.17, 15) is 8.78 Å². The predicted molar refractivity (Wildman–Crippen MR) is 66.3 cm³/mol. The zero-order chi connectivity index (χ0) is 13.3. The Hall–Kier alpha value is -1.68. The molecule has 0 fully saturated rings. The number of hydrogen-bond acceptors (Lipinski definition) is 2. The molecule has 0 amide bonds. The first-order chi connectivity index (χ1) is 8.52. The third-order valence-corrected chi connectivity index (χ3v) is 3.00. The van der Waals surface area contributed by atoms with Crippen LogP contribution in [0.3, 0.4) is 0 Å². The summed E-state index contributed by atoms with van der Waals surface area (Å²) in [5.74, 6) is 0.106. The number of halogens is 2. The lowest BCUT2D eigenvalue weighted by Crippen LogP contribution is -2.11. The molecular weight excluding hydrogens is 236 g/mol. The SMILES string of the molecule is CNC(C)c1ccc(-c2cc(F)c(C)cc2F)o1. The van der Waals surface area contributed by atoms with Gasteiger partial charge in [-0.2, -0.15) is 0 Å². The third-order valence-electron chi connectivity index (χ3n) is 3.00. The van der Waals surface area contributed by atoms with Crippen molar-refractivity contribution in [1.82, 2.24) is 5.32 Å². The van der Waals surface area contributed by atoms with E-state index in [-0.39, 0.29) is 17.2 Å². The fraction of sp³-hybridized carbons (Fsp3) is 0.286. The van der Waals surface area contributed by atoms with E-state index >= 15 is 0 Å². The van der Waals surface area contributed by atoms with Gasteiger partial charge < -0.3 is 9.73 Å². The lowest BCUT2D eigenvalue weighted by molar-refractivity contribution is 0.456. The average Bonchev–Trinajstić information content (AvgIpc) is 2.82. The van der Waals surface area contributed by atoms with Crippen LogP contribution in [-0.4, -0.2) is 7.05 Å². The summed E-state index contributed by atoms with van der Waals surface area (Å²) < 4.78 is 32.8. The zero-order valence-electron chi connectivity index (χ0n) is 10.6. The summed E-state index contributed by atoms with van der Waals surface area (Å²) in [5.41, 5.74) is 0.430. The van der Waals surface area contributed by atoms with E-state index in [2.05, 4.69) is 5.32 Å². The monoisotopic (exact) mass is 251 g/mol. The van der Waals surface area contributed by atoms with Gasteiger partial charge in [0.25, 0.3) is 0 Å². The Morgan fingerprint density at radius 1 is 1.17 bits per heavy atom. The van der Waals surface area contributed by atoms with Crippen molar-refractivity contribution in [2.24, 2.45) is 0 Å². The second kappa shape index (κ2) is 4.90. The fourth-order valence-corrected chi connectivity index (χ4v) is 1.71. The number of benzene rings is 1. The van der Waals surface area contributed by atoms with Crippen molar-refractivity contribution in [1.29, 1.82) is 0 Å². The standard InChI is InChI=1S/C14H15F2NO/c1-8-6-12(16)10(7-11(8)15)14-5-4-13(18-14)9(2)17-3/h4-7,9,17H,1-3H3. The average molecular weight is 251 g/mol. The highest BCUT2D eigenvalue weighted by atomic mass is 19.1. The number of aryl methyl sites for hydroxylation is 1. The summed E-state index contributed by atoms with van der Waals surface area (Å²) in [6.45, 7) is 3.45. The molecule has 1 unspecified atom stereocenters. The number of furan rings is 1. The highest BCUT2D eigenvalue weighted by Gasteiger charge is 2.14. The molecule has 0 saturated heterocycles. The Labute approximate surface area is 105 Å². The molecule has 0 radical (unpaired) electrons. The fourth-order valence-electron chi connectivity index (χ4n) is 1.71. The van der Waals surface area contributed by atoms with Gasteiger partial charge in [0.15, 0.2) is 0 Å². The van der Waals surface area contributed by atoms with Crippen LogP contribution < -0.4 is 5.32 Å². The Morgan fingerprint density at radius 3 is 2.56 bits per heavy atom. The van der Waals surface area contributed by atoms with Crippen LogP contribution >= 0.6 is 0 Å². The maximum absolute atomic E-state index is 13.8. The van der Waals surface area contributed by atoms with Gasteiger partial charge in [-0.3, -0.25) is 0 Å². The van der Waals surface area contributed by atoms with Crippen LogP contribution in [-0.2, 0) is 0 Å². The van der Waals surface area contributed by atoms with Gasteiger partial charge in [-0.15, -0.1) is 0 Å². The van der Waals surface area contributed by atoms with E-state index in [1.807, 2.05) is 6.92 Å². The Bertz CT molecular complexity index is 563. The zero-order valence-corrected chi connectivity index (χ0v) is 10.6. The van der Waals surface area contributed by atoms with Crippen LogP contribution in [0, 0.1) is 18.6 Å². The van der Waals surface area contributed by atoms with Gasteiger partial charge in [0.2, 0.25) is 0 Å². The molecule has 4 heteroatoms. The number of rotatable bonds is 3. The molecule has 1 heterocycles. The van der Waals surface area contributed by atoms with Crippen LogP contribution in [0.5, 0.6) is 0 Å². The van der Waals surface area contributed by atoms with Crippen molar-refractivity contribution in [3.8, 4) is 11.3 Å². The summed E-state index contributed by atoms with van der Waals surface area (Å²) in [7, 11) is 1.80. The maximum atomic E-state index is 13.8. The van der Waals surface area contributed by atoms with Crippen LogP contribution in [0.15, 0.2) is 28.7 Å². The van der Waals surface area contributed by atoms with Crippen molar-refractivity contribution in [3.05, 3.63) is 47.2 Å². The lowest BCUT2D eigenvalue weighted by Gasteiger charge is -2.06. The molecular formula is C14H15F2NO. The van der Waals surface area contributed by atoms with Crippen molar-refractivity contribution >= 4 is 0 Å². The van der Waals surface area contributed by atoms with E-state index in [0.29, 0.717) is 11.5 Å². The molecule has 0 saturated carbocycles. The summed E-state index contributed by atoms with van der Waals surface area (Å²) >= 11 is 0. The minimum absolute atomic E-state index is 0.0251. The molecule has 2 aromatic rings. The first-order valence-electron chi connectivity index (χ1n) is 5.76. The normalized spacial score (nSPS) is 12.7. The van der Waals surface area contributed by atoms with Gasteiger partial charge >= 0.3 is 0 Å². The highest BCUT2D eigenvalue weighted by molar-refractivity contribution is 5.59. The molecule has 0 bridgehead atoms. The topological polar surface area (TPSA) is 25.2 Å². The molecule has 1 atom stereocenters. The lowest BCUT2D eigenvalue weighted by atomic mass is 10.1. The first-order valence-corrected chi connectivity index (χ1v) is 5.76. The highest BCUT2D eigenvalue weighted by Crippen LogP contribution is 2.28. The minimum Gasteiger partial charge on any atom is -0.459 e. The molecule has 0 aliphatic heterocycles. The van der Waals surface area contributed by atoms with Crippen molar-refractivity contribution < 1.29 is 13.2 Å². The van der Waals surface area contributed by atoms with Crippen molar-refractivity contribution in [2.45, 2.75) is 19.9 Å². The number of hydrogen-bond donors (Lipinski definition) is 1. The minimum atomic E-state index is -0.480. The second-order valence-corrected chi connectivity index (χ2v) is 4.29. The largest absolute Gasteiger partial charge is 0.459 e. The molecule has 1 aromatic carbocycles. The van der Waals surface area contributed by atoms with Crippen molar-refractivity contribution in [3.63, 3.8) is 0 Å². The summed E-state index contributed by atoms with van der Waals surface area (Å²) in [6.07, 6.45) is 0. The van der Waals surface area contributed by atoms with E-state index in [1.54, 1.807) is 19.2 Å². The number of nitrogens with one attached hydrogen (secondary N) is 1. The van der Waals surface area contributed by atoms with Gasteiger partial charge in [0.1, 0.15) is 23.2 Å². The van der Waals surface area contributed by atoms with Gasteiger partial charge in [-0.25, -0.2) is 8.78 Å². The van der Waals surface area contributed by atoms with E-state index in [0.717, 1.165) is 6.07 Å². The van der Waals surface area contributed by atoms with Gasteiger partial charge in [0.05, 0.1) is 11.6 Å². The smallest absolute Gasteiger partial charge is 0.137 e. The van der Waals surface area contributed by atoms with Crippen LogP contribution in [0.1, 0.15) is 24.3 Å². The van der Waals surface area contributed by atoms with Crippen LogP contribution in [0.2, 0.25) is 0 Å². The van der Waals surface area contributed by atoms with Crippen LogP contribution in [0.4, 0.5) is 8.78 Å². The van der Waals surface area contributed by atoms with Crippen LogP contribution in [0.25, 0.3) is 11.3 Å². The van der Waals surface area contributed by atoms with E-state index in [1.165, 1.54) is 13.0 Å². The molecule has 18 heavy (non-hydrogen) atoms. The molecule has 0 aliphatic rings.